The molecule has 0 heterocycles. The van der Waals surface area contributed by atoms with E-state index < -0.39 is 0 Å². The van der Waals surface area contributed by atoms with Crippen molar-refractivity contribution in [3.63, 3.8) is 0 Å². The monoisotopic (exact) mass is 263 g/mol. The van der Waals surface area contributed by atoms with Gasteiger partial charge in [0.2, 0.25) is 0 Å². The molecule has 0 saturated heterocycles. The van der Waals surface area contributed by atoms with Crippen molar-refractivity contribution >= 4 is 5.69 Å². The SMILES string of the molecule is Cc1cccc(OCCNc2cccc(F)c2)c1F. The van der Waals surface area contributed by atoms with E-state index in [2.05, 4.69) is 5.32 Å². The topological polar surface area (TPSA) is 21.3 Å². The van der Waals surface area contributed by atoms with Crippen LogP contribution in [0.15, 0.2) is 42.5 Å². The molecule has 0 fully saturated rings. The van der Waals surface area contributed by atoms with E-state index in [-0.39, 0.29) is 17.4 Å². The van der Waals surface area contributed by atoms with Gasteiger partial charge in [0.1, 0.15) is 12.4 Å². The maximum Gasteiger partial charge on any atom is 0.167 e. The molecule has 0 saturated carbocycles. The van der Waals surface area contributed by atoms with Crippen molar-refractivity contribution in [2.45, 2.75) is 6.92 Å². The summed E-state index contributed by atoms with van der Waals surface area (Å²) in [5.74, 6) is -0.398. The van der Waals surface area contributed by atoms with E-state index >= 15 is 0 Å². The molecule has 0 spiro atoms. The molecule has 2 nitrogen and oxygen atoms in total. The first kappa shape index (κ1) is 13.3. The lowest BCUT2D eigenvalue weighted by Gasteiger charge is -2.10. The Morgan fingerprint density at radius 3 is 2.68 bits per heavy atom. The first-order chi connectivity index (χ1) is 9.16. The van der Waals surface area contributed by atoms with Crippen molar-refractivity contribution < 1.29 is 13.5 Å². The summed E-state index contributed by atoms with van der Waals surface area (Å²) in [7, 11) is 0. The van der Waals surface area contributed by atoms with Crippen molar-refractivity contribution in [3.8, 4) is 5.75 Å². The van der Waals surface area contributed by atoms with E-state index in [1.807, 2.05) is 0 Å². The van der Waals surface area contributed by atoms with Gasteiger partial charge in [-0.1, -0.05) is 18.2 Å². The molecule has 0 bridgehead atoms. The predicted molar refractivity (Wildman–Crippen MR) is 71.5 cm³/mol. The first-order valence-corrected chi connectivity index (χ1v) is 6.04. The molecule has 0 aromatic heterocycles. The predicted octanol–water partition coefficient (Wildman–Crippen LogP) is 3.76. The van der Waals surface area contributed by atoms with Crippen LogP contribution in [0.25, 0.3) is 0 Å². The van der Waals surface area contributed by atoms with Crippen LogP contribution in [-0.4, -0.2) is 13.2 Å². The summed E-state index contributed by atoms with van der Waals surface area (Å²) in [5, 5.41) is 3.00. The summed E-state index contributed by atoms with van der Waals surface area (Å²) in [5.41, 5.74) is 1.23. The highest BCUT2D eigenvalue weighted by Gasteiger charge is 2.05. The molecule has 0 atom stereocenters. The van der Waals surface area contributed by atoms with Gasteiger partial charge in [-0.25, -0.2) is 8.78 Å². The molecule has 1 N–H and O–H groups in total. The van der Waals surface area contributed by atoms with Gasteiger partial charge < -0.3 is 10.1 Å². The van der Waals surface area contributed by atoms with Crippen molar-refractivity contribution in [1.82, 2.24) is 0 Å². The van der Waals surface area contributed by atoms with E-state index in [1.165, 1.54) is 12.1 Å². The molecule has 100 valence electrons. The Hall–Kier alpha value is -2.10. The maximum absolute atomic E-state index is 13.6. The second kappa shape index (κ2) is 6.18. The number of rotatable bonds is 5. The third-order valence-electron chi connectivity index (χ3n) is 2.67. The molecule has 2 aromatic carbocycles. The number of hydrogen-bond donors (Lipinski definition) is 1. The highest BCUT2D eigenvalue weighted by atomic mass is 19.1. The third-order valence-corrected chi connectivity index (χ3v) is 2.67. The molecule has 4 heteroatoms. The van der Waals surface area contributed by atoms with Crippen LogP contribution in [0.3, 0.4) is 0 Å². The number of aryl methyl sites for hydroxylation is 1. The number of ether oxygens (including phenoxy) is 1. The van der Waals surface area contributed by atoms with Crippen LogP contribution in [0.2, 0.25) is 0 Å². The Bertz CT molecular complexity index is 558. The molecule has 2 rings (SSSR count). The second-order valence-corrected chi connectivity index (χ2v) is 4.17. The molecular formula is C15H15F2NO. The second-order valence-electron chi connectivity index (χ2n) is 4.17. The van der Waals surface area contributed by atoms with Crippen LogP contribution in [0.4, 0.5) is 14.5 Å². The smallest absolute Gasteiger partial charge is 0.167 e. The quantitative estimate of drug-likeness (QED) is 0.829. The lowest BCUT2D eigenvalue weighted by atomic mass is 10.2. The summed E-state index contributed by atoms with van der Waals surface area (Å²) in [6.07, 6.45) is 0. The average Bonchev–Trinajstić information content (AvgIpc) is 2.39. The van der Waals surface area contributed by atoms with E-state index in [1.54, 1.807) is 37.3 Å². The first-order valence-electron chi connectivity index (χ1n) is 6.04. The molecule has 0 amide bonds. The van der Waals surface area contributed by atoms with Gasteiger partial charge in [-0.15, -0.1) is 0 Å². The van der Waals surface area contributed by atoms with E-state index in [0.717, 1.165) is 0 Å². The number of halogens is 2. The standard InChI is InChI=1S/C15H15F2NO/c1-11-4-2-7-14(15(11)17)19-9-8-18-13-6-3-5-12(16)10-13/h2-7,10,18H,8-9H2,1H3. The van der Waals surface area contributed by atoms with Gasteiger partial charge in [0.05, 0.1) is 0 Å². The van der Waals surface area contributed by atoms with Crippen LogP contribution < -0.4 is 10.1 Å². The largest absolute Gasteiger partial charge is 0.489 e. The number of anilines is 1. The van der Waals surface area contributed by atoms with Crippen LogP contribution >= 0.6 is 0 Å². The Morgan fingerprint density at radius 2 is 1.89 bits per heavy atom. The fourth-order valence-electron chi connectivity index (χ4n) is 1.69. The van der Waals surface area contributed by atoms with Gasteiger partial charge in [0, 0.05) is 12.2 Å². The minimum Gasteiger partial charge on any atom is -0.489 e. The lowest BCUT2D eigenvalue weighted by molar-refractivity contribution is 0.314. The van der Waals surface area contributed by atoms with Crippen LogP contribution in [-0.2, 0) is 0 Å². The minimum absolute atomic E-state index is 0.237. The highest BCUT2D eigenvalue weighted by molar-refractivity contribution is 5.42. The Morgan fingerprint density at radius 1 is 1.11 bits per heavy atom. The van der Waals surface area contributed by atoms with Gasteiger partial charge in [-0.05, 0) is 36.8 Å². The van der Waals surface area contributed by atoms with Gasteiger partial charge in [0.15, 0.2) is 11.6 Å². The summed E-state index contributed by atoms with van der Waals surface area (Å²) in [6, 6.07) is 11.2. The molecule has 0 radical (unpaired) electrons. The molecular weight excluding hydrogens is 248 g/mol. The molecule has 0 unspecified atom stereocenters. The van der Waals surface area contributed by atoms with Crippen LogP contribution in [0.1, 0.15) is 5.56 Å². The average molecular weight is 263 g/mol. The molecule has 19 heavy (non-hydrogen) atoms. The van der Waals surface area contributed by atoms with Crippen molar-refractivity contribution in [2.24, 2.45) is 0 Å². The van der Waals surface area contributed by atoms with E-state index in [9.17, 15) is 8.78 Å². The lowest BCUT2D eigenvalue weighted by Crippen LogP contribution is -2.12. The van der Waals surface area contributed by atoms with Crippen LogP contribution in [0, 0.1) is 18.6 Å². The molecule has 0 aliphatic carbocycles. The number of hydrogen-bond acceptors (Lipinski definition) is 2. The molecule has 0 aliphatic heterocycles. The summed E-state index contributed by atoms with van der Waals surface area (Å²) < 4.78 is 31.9. The summed E-state index contributed by atoms with van der Waals surface area (Å²) in [6.45, 7) is 2.46. The Labute approximate surface area is 111 Å². The highest BCUT2D eigenvalue weighted by Crippen LogP contribution is 2.19. The Kier molecular flexibility index (Phi) is 4.34. The fourth-order valence-corrected chi connectivity index (χ4v) is 1.69. The third kappa shape index (κ3) is 3.68. The zero-order chi connectivity index (χ0) is 13.7. The van der Waals surface area contributed by atoms with E-state index in [4.69, 9.17) is 4.74 Å². The van der Waals surface area contributed by atoms with E-state index in [0.29, 0.717) is 24.4 Å². The maximum atomic E-state index is 13.6. The van der Waals surface area contributed by atoms with Crippen LogP contribution in [0.5, 0.6) is 5.75 Å². The van der Waals surface area contributed by atoms with Crippen molar-refractivity contribution in [3.05, 3.63) is 59.7 Å². The number of nitrogens with one attached hydrogen (secondary N) is 1. The van der Waals surface area contributed by atoms with Gasteiger partial charge in [-0.3, -0.25) is 0 Å². The normalized spacial score (nSPS) is 10.3. The summed E-state index contributed by atoms with van der Waals surface area (Å²) >= 11 is 0. The zero-order valence-corrected chi connectivity index (χ0v) is 10.6. The van der Waals surface area contributed by atoms with Gasteiger partial charge in [0.25, 0.3) is 0 Å². The molecule has 0 aliphatic rings. The van der Waals surface area contributed by atoms with Crippen molar-refractivity contribution in [2.75, 3.05) is 18.5 Å². The van der Waals surface area contributed by atoms with Gasteiger partial charge in [-0.2, -0.15) is 0 Å². The van der Waals surface area contributed by atoms with Crippen molar-refractivity contribution in [1.29, 1.82) is 0 Å². The summed E-state index contributed by atoms with van der Waals surface area (Å²) in [4.78, 5) is 0. The zero-order valence-electron chi connectivity index (χ0n) is 10.6. The number of benzene rings is 2. The molecule has 2 aromatic rings. The minimum atomic E-state index is -0.340. The van der Waals surface area contributed by atoms with Gasteiger partial charge >= 0.3 is 0 Å². The Balaban J connectivity index is 1.82. The fraction of sp³-hybridized carbons (Fsp3) is 0.200.